The first kappa shape index (κ1) is 12.4. The minimum absolute atomic E-state index is 0.254. The van der Waals surface area contributed by atoms with Crippen LogP contribution in [0.3, 0.4) is 0 Å². The van der Waals surface area contributed by atoms with Crippen molar-refractivity contribution in [3.63, 3.8) is 0 Å². The van der Waals surface area contributed by atoms with Gasteiger partial charge in [-0.2, -0.15) is 0 Å². The zero-order valence-electron chi connectivity index (χ0n) is 10.7. The van der Waals surface area contributed by atoms with Gasteiger partial charge in [-0.3, -0.25) is 0 Å². The fourth-order valence-corrected chi connectivity index (χ4v) is 3.46. The average Bonchev–Trinajstić information content (AvgIpc) is 2.29. The summed E-state index contributed by atoms with van der Waals surface area (Å²) in [5.74, 6) is 1.24. The molecule has 1 saturated heterocycles. The summed E-state index contributed by atoms with van der Waals surface area (Å²) in [6, 6.07) is 0. The van der Waals surface area contributed by atoms with Crippen LogP contribution in [0.5, 0.6) is 0 Å². The van der Waals surface area contributed by atoms with Crippen molar-refractivity contribution in [3.05, 3.63) is 0 Å². The van der Waals surface area contributed by atoms with Crippen molar-refractivity contribution in [2.75, 3.05) is 6.61 Å². The van der Waals surface area contributed by atoms with E-state index in [2.05, 4.69) is 13.8 Å². The fraction of sp³-hybridized carbons (Fsp3) is 1.00. The minimum atomic E-state index is -0.264. The Kier molecular flexibility index (Phi) is 3.91. The molecule has 16 heavy (non-hydrogen) atoms. The number of hydrogen-bond acceptors (Lipinski definition) is 2. The van der Waals surface area contributed by atoms with Crippen LogP contribution in [0.15, 0.2) is 0 Å². The Hall–Kier alpha value is -0.0800. The van der Waals surface area contributed by atoms with E-state index in [-0.39, 0.29) is 11.7 Å². The molecule has 0 aromatic carbocycles. The Morgan fingerprint density at radius 1 is 1.25 bits per heavy atom. The first-order valence-corrected chi connectivity index (χ1v) is 6.94. The first-order chi connectivity index (χ1) is 7.62. The van der Waals surface area contributed by atoms with Gasteiger partial charge in [0.2, 0.25) is 0 Å². The van der Waals surface area contributed by atoms with Crippen molar-refractivity contribution in [1.29, 1.82) is 0 Å². The molecule has 0 aromatic heterocycles. The molecule has 4 atom stereocenters. The van der Waals surface area contributed by atoms with Crippen LogP contribution in [0.4, 0.5) is 0 Å². The van der Waals surface area contributed by atoms with Gasteiger partial charge >= 0.3 is 0 Å². The summed E-state index contributed by atoms with van der Waals surface area (Å²) in [7, 11) is 0. The van der Waals surface area contributed by atoms with E-state index in [1.807, 2.05) is 0 Å². The second-order valence-electron chi connectivity index (χ2n) is 6.09. The SMILES string of the molecule is CC1CCCC(C(O)C2(C)CCCCO2)C1. The third kappa shape index (κ3) is 2.60. The van der Waals surface area contributed by atoms with Crippen LogP contribution in [0.2, 0.25) is 0 Å². The third-order valence-corrected chi connectivity index (χ3v) is 4.55. The molecule has 2 rings (SSSR count). The monoisotopic (exact) mass is 226 g/mol. The summed E-state index contributed by atoms with van der Waals surface area (Å²) in [5.41, 5.74) is -0.264. The molecule has 0 radical (unpaired) electrons. The fourth-order valence-electron chi connectivity index (χ4n) is 3.46. The van der Waals surface area contributed by atoms with E-state index in [0.29, 0.717) is 5.92 Å². The quantitative estimate of drug-likeness (QED) is 0.784. The molecule has 94 valence electrons. The Balaban J connectivity index is 1.96. The van der Waals surface area contributed by atoms with Gasteiger partial charge in [-0.05, 0) is 50.9 Å². The van der Waals surface area contributed by atoms with E-state index < -0.39 is 0 Å². The smallest absolute Gasteiger partial charge is 0.0914 e. The number of hydrogen-bond donors (Lipinski definition) is 1. The summed E-state index contributed by atoms with van der Waals surface area (Å²) in [6.07, 6.45) is 8.11. The van der Waals surface area contributed by atoms with Crippen LogP contribution in [-0.4, -0.2) is 23.4 Å². The lowest BCUT2D eigenvalue weighted by Gasteiger charge is -2.43. The van der Waals surface area contributed by atoms with Gasteiger partial charge in [-0.1, -0.05) is 19.8 Å². The topological polar surface area (TPSA) is 29.5 Å². The lowest BCUT2D eigenvalue weighted by atomic mass is 9.73. The maximum Gasteiger partial charge on any atom is 0.0914 e. The van der Waals surface area contributed by atoms with Crippen molar-refractivity contribution in [2.24, 2.45) is 11.8 Å². The molecule has 1 N–H and O–H groups in total. The van der Waals surface area contributed by atoms with E-state index in [4.69, 9.17) is 4.74 Å². The first-order valence-electron chi connectivity index (χ1n) is 6.94. The highest BCUT2D eigenvalue weighted by Crippen LogP contribution is 2.38. The lowest BCUT2D eigenvalue weighted by Crippen LogP contribution is -2.49. The van der Waals surface area contributed by atoms with E-state index in [1.54, 1.807) is 0 Å². The molecule has 4 unspecified atom stereocenters. The average molecular weight is 226 g/mol. The second kappa shape index (κ2) is 5.05. The van der Waals surface area contributed by atoms with E-state index in [9.17, 15) is 5.11 Å². The molecular formula is C14H26O2. The predicted octanol–water partition coefficient (Wildman–Crippen LogP) is 3.13. The van der Waals surface area contributed by atoms with Crippen LogP contribution in [0.25, 0.3) is 0 Å². The van der Waals surface area contributed by atoms with Gasteiger partial charge in [-0.15, -0.1) is 0 Å². The van der Waals surface area contributed by atoms with Gasteiger partial charge in [0, 0.05) is 6.61 Å². The van der Waals surface area contributed by atoms with Crippen molar-refractivity contribution in [3.8, 4) is 0 Å². The van der Waals surface area contributed by atoms with Crippen LogP contribution in [0, 0.1) is 11.8 Å². The molecule has 2 fully saturated rings. The van der Waals surface area contributed by atoms with Gasteiger partial charge in [0.05, 0.1) is 11.7 Å². The maximum atomic E-state index is 10.6. The van der Waals surface area contributed by atoms with Gasteiger partial charge in [0.25, 0.3) is 0 Å². The van der Waals surface area contributed by atoms with Gasteiger partial charge < -0.3 is 9.84 Å². The lowest BCUT2D eigenvalue weighted by molar-refractivity contribution is -0.158. The molecular weight excluding hydrogens is 200 g/mol. The van der Waals surface area contributed by atoms with Crippen molar-refractivity contribution in [2.45, 2.75) is 70.5 Å². The number of aliphatic hydroxyl groups is 1. The molecule has 0 amide bonds. The molecule has 0 spiro atoms. The Morgan fingerprint density at radius 2 is 2.06 bits per heavy atom. The van der Waals surface area contributed by atoms with Crippen LogP contribution >= 0.6 is 0 Å². The molecule has 2 aliphatic rings. The van der Waals surface area contributed by atoms with Crippen molar-refractivity contribution in [1.82, 2.24) is 0 Å². The highest BCUT2D eigenvalue weighted by molar-refractivity contribution is 4.91. The summed E-state index contributed by atoms with van der Waals surface area (Å²) >= 11 is 0. The standard InChI is InChI=1S/C14H26O2/c1-11-6-5-7-12(10-11)13(15)14(2)8-3-4-9-16-14/h11-13,15H,3-10H2,1-2H3. The molecule has 1 saturated carbocycles. The highest BCUT2D eigenvalue weighted by atomic mass is 16.5. The summed E-state index contributed by atoms with van der Waals surface area (Å²) in [4.78, 5) is 0. The molecule has 1 aliphatic carbocycles. The van der Waals surface area contributed by atoms with E-state index in [1.165, 1.54) is 32.1 Å². The summed E-state index contributed by atoms with van der Waals surface area (Å²) < 4.78 is 5.87. The molecule has 0 bridgehead atoms. The number of rotatable bonds is 2. The zero-order valence-corrected chi connectivity index (χ0v) is 10.7. The van der Waals surface area contributed by atoms with Gasteiger partial charge in [0.1, 0.15) is 0 Å². The predicted molar refractivity (Wildman–Crippen MR) is 65.3 cm³/mol. The molecule has 0 aromatic rings. The van der Waals surface area contributed by atoms with Gasteiger partial charge in [-0.25, -0.2) is 0 Å². The Bertz CT molecular complexity index is 221. The third-order valence-electron chi connectivity index (χ3n) is 4.55. The Labute approximate surface area is 99.4 Å². The Morgan fingerprint density at radius 3 is 2.69 bits per heavy atom. The van der Waals surface area contributed by atoms with Crippen LogP contribution in [-0.2, 0) is 4.74 Å². The largest absolute Gasteiger partial charge is 0.390 e. The normalized spacial score (nSPS) is 42.9. The van der Waals surface area contributed by atoms with Crippen molar-refractivity contribution < 1.29 is 9.84 Å². The minimum Gasteiger partial charge on any atom is -0.390 e. The number of aliphatic hydroxyl groups excluding tert-OH is 1. The molecule has 1 aliphatic heterocycles. The molecule has 2 heteroatoms. The van der Waals surface area contributed by atoms with Gasteiger partial charge in [0.15, 0.2) is 0 Å². The summed E-state index contributed by atoms with van der Waals surface area (Å²) in [5, 5.41) is 10.6. The zero-order chi connectivity index (χ0) is 11.6. The molecule has 2 nitrogen and oxygen atoms in total. The summed E-state index contributed by atoms with van der Waals surface area (Å²) in [6.45, 7) is 5.24. The molecule has 1 heterocycles. The van der Waals surface area contributed by atoms with Crippen molar-refractivity contribution >= 4 is 0 Å². The van der Waals surface area contributed by atoms with E-state index in [0.717, 1.165) is 25.4 Å². The number of ether oxygens (including phenoxy) is 1. The van der Waals surface area contributed by atoms with Crippen LogP contribution < -0.4 is 0 Å². The maximum absolute atomic E-state index is 10.6. The highest BCUT2D eigenvalue weighted by Gasteiger charge is 2.41. The van der Waals surface area contributed by atoms with E-state index >= 15 is 0 Å². The second-order valence-corrected chi connectivity index (χ2v) is 6.09. The van der Waals surface area contributed by atoms with Crippen LogP contribution in [0.1, 0.15) is 58.8 Å².